The predicted molar refractivity (Wildman–Crippen MR) is 104 cm³/mol. The van der Waals surface area contributed by atoms with Crippen molar-refractivity contribution in [3.05, 3.63) is 48.7 Å². The number of imidazole rings is 1. The summed E-state index contributed by atoms with van der Waals surface area (Å²) in [5.74, 6) is 1.07. The molecule has 0 atom stereocenters. The van der Waals surface area contributed by atoms with Gasteiger partial charge in [-0.15, -0.1) is 0 Å². The van der Waals surface area contributed by atoms with Crippen LogP contribution in [-0.4, -0.2) is 28.9 Å². The first-order valence-electron chi connectivity index (χ1n) is 8.59. The molecule has 0 N–H and O–H groups in total. The molecular weight excluding hydrogens is 346 g/mol. The summed E-state index contributed by atoms with van der Waals surface area (Å²) in [7, 11) is 1.68. The van der Waals surface area contributed by atoms with Gasteiger partial charge in [-0.05, 0) is 36.8 Å². The summed E-state index contributed by atoms with van der Waals surface area (Å²) in [5.41, 5.74) is 4.09. The van der Waals surface area contributed by atoms with Crippen LogP contribution < -0.4 is 9.64 Å². The van der Waals surface area contributed by atoms with Gasteiger partial charge in [-0.25, -0.2) is 4.98 Å². The highest BCUT2D eigenvalue weighted by atomic mass is 32.1. The first-order valence-corrected chi connectivity index (χ1v) is 9.41. The van der Waals surface area contributed by atoms with Crippen molar-refractivity contribution in [2.45, 2.75) is 12.8 Å². The molecule has 1 aliphatic heterocycles. The Morgan fingerprint density at radius 1 is 1.15 bits per heavy atom. The number of hydrogen-bond acceptors (Lipinski definition) is 4. The van der Waals surface area contributed by atoms with E-state index in [-0.39, 0.29) is 5.91 Å². The van der Waals surface area contributed by atoms with Gasteiger partial charge in [0.25, 0.3) is 0 Å². The van der Waals surface area contributed by atoms with Crippen molar-refractivity contribution in [3.8, 4) is 17.0 Å². The number of amides is 1. The molecule has 3 heterocycles. The Bertz CT molecular complexity index is 1130. The molecule has 0 radical (unpaired) electrons. The molecule has 130 valence electrons. The molecule has 1 amide bonds. The summed E-state index contributed by atoms with van der Waals surface area (Å²) >= 11 is 1.65. The fraction of sp³-hybridized carbons (Fsp3) is 0.200. The zero-order valence-electron chi connectivity index (χ0n) is 14.3. The van der Waals surface area contributed by atoms with Gasteiger partial charge in [-0.2, -0.15) is 0 Å². The standard InChI is InChI=1S/C20H17N3O2S/c1-25-15-8-9-17-18(11-15)26-20-21-16(12-23(17)20)13-4-6-14(7-5-13)22-10-2-3-19(22)24/h4-9,11-12H,2-3,10H2,1H3. The minimum absolute atomic E-state index is 0.210. The van der Waals surface area contributed by atoms with E-state index in [0.29, 0.717) is 6.42 Å². The van der Waals surface area contributed by atoms with Crippen LogP contribution in [0.4, 0.5) is 5.69 Å². The second-order valence-corrected chi connectivity index (χ2v) is 7.42. The first-order chi connectivity index (χ1) is 12.7. The van der Waals surface area contributed by atoms with Gasteiger partial charge in [0.15, 0.2) is 4.96 Å². The number of anilines is 1. The molecular formula is C20H17N3O2S. The van der Waals surface area contributed by atoms with E-state index in [2.05, 4.69) is 16.7 Å². The maximum absolute atomic E-state index is 11.9. The van der Waals surface area contributed by atoms with E-state index in [1.165, 1.54) is 0 Å². The molecule has 1 fully saturated rings. The van der Waals surface area contributed by atoms with E-state index in [0.717, 1.165) is 50.8 Å². The van der Waals surface area contributed by atoms with E-state index < -0.39 is 0 Å². The second-order valence-electron chi connectivity index (χ2n) is 6.41. The molecule has 0 unspecified atom stereocenters. The smallest absolute Gasteiger partial charge is 0.227 e. The average Bonchev–Trinajstić information content (AvgIpc) is 3.35. The summed E-state index contributed by atoms with van der Waals surface area (Å²) < 4.78 is 8.57. The Morgan fingerprint density at radius 2 is 2.00 bits per heavy atom. The number of rotatable bonds is 3. The third-order valence-corrected chi connectivity index (χ3v) is 5.87. The molecule has 6 heteroatoms. The topological polar surface area (TPSA) is 46.8 Å². The summed E-state index contributed by atoms with van der Waals surface area (Å²) in [4.78, 5) is 19.5. The number of thiazole rings is 1. The maximum Gasteiger partial charge on any atom is 0.227 e. The van der Waals surface area contributed by atoms with Crippen LogP contribution in [0.2, 0.25) is 0 Å². The fourth-order valence-electron chi connectivity index (χ4n) is 3.48. The van der Waals surface area contributed by atoms with Crippen LogP contribution >= 0.6 is 11.3 Å². The number of carbonyl (C=O) groups excluding carboxylic acids is 1. The number of aromatic nitrogens is 2. The van der Waals surface area contributed by atoms with Crippen LogP contribution in [0.15, 0.2) is 48.7 Å². The Balaban J connectivity index is 1.51. The third-order valence-electron chi connectivity index (χ3n) is 4.85. The lowest BCUT2D eigenvalue weighted by molar-refractivity contribution is -0.117. The van der Waals surface area contributed by atoms with Gasteiger partial charge >= 0.3 is 0 Å². The Labute approximate surface area is 154 Å². The SMILES string of the molecule is COc1ccc2c(c1)sc1nc(-c3ccc(N4CCCC4=O)cc3)cn12. The molecule has 5 rings (SSSR count). The molecule has 2 aromatic carbocycles. The quantitative estimate of drug-likeness (QED) is 0.544. The molecule has 1 aliphatic rings. The number of fused-ring (bicyclic) bond motifs is 3. The maximum atomic E-state index is 11.9. The minimum Gasteiger partial charge on any atom is -0.497 e. The van der Waals surface area contributed by atoms with Crippen molar-refractivity contribution in [2.24, 2.45) is 0 Å². The highest BCUT2D eigenvalue weighted by Crippen LogP contribution is 2.32. The van der Waals surface area contributed by atoms with E-state index in [1.807, 2.05) is 41.3 Å². The minimum atomic E-state index is 0.210. The highest BCUT2D eigenvalue weighted by molar-refractivity contribution is 7.23. The van der Waals surface area contributed by atoms with Crippen LogP contribution in [0, 0.1) is 0 Å². The van der Waals surface area contributed by atoms with Gasteiger partial charge in [0.05, 0.1) is 23.0 Å². The van der Waals surface area contributed by atoms with Crippen LogP contribution in [0.3, 0.4) is 0 Å². The second kappa shape index (κ2) is 5.85. The van der Waals surface area contributed by atoms with E-state index in [9.17, 15) is 4.79 Å². The third kappa shape index (κ3) is 2.37. The molecule has 0 aliphatic carbocycles. The largest absolute Gasteiger partial charge is 0.497 e. The summed E-state index contributed by atoms with van der Waals surface area (Å²) in [6.45, 7) is 0.813. The molecule has 26 heavy (non-hydrogen) atoms. The van der Waals surface area contributed by atoms with Crippen molar-refractivity contribution < 1.29 is 9.53 Å². The first kappa shape index (κ1) is 15.4. The van der Waals surface area contributed by atoms with Crippen molar-refractivity contribution in [1.82, 2.24) is 9.38 Å². The van der Waals surface area contributed by atoms with Crippen molar-refractivity contribution in [1.29, 1.82) is 0 Å². The molecule has 1 saturated heterocycles. The van der Waals surface area contributed by atoms with Crippen LogP contribution in [0.1, 0.15) is 12.8 Å². The summed E-state index contributed by atoms with van der Waals surface area (Å²) in [5, 5.41) is 0. The zero-order chi connectivity index (χ0) is 17.7. The Morgan fingerprint density at radius 3 is 2.73 bits per heavy atom. The number of nitrogens with zero attached hydrogens (tertiary/aromatic N) is 3. The van der Waals surface area contributed by atoms with Crippen molar-refractivity contribution in [2.75, 3.05) is 18.6 Å². The fourth-order valence-corrected chi connectivity index (χ4v) is 4.52. The van der Waals surface area contributed by atoms with Crippen LogP contribution in [-0.2, 0) is 4.79 Å². The van der Waals surface area contributed by atoms with Crippen LogP contribution in [0.25, 0.3) is 26.4 Å². The zero-order valence-corrected chi connectivity index (χ0v) is 15.1. The molecule has 0 spiro atoms. The molecule has 4 aromatic rings. The molecule has 2 aromatic heterocycles. The van der Waals surface area contributed by atoms with E-state index >= 15 is 0 Å². The summed E-state index contributed by atoms with van der Waals surface area (Å²) in [6, 6.07) is 14.2. The molecule has 0 bridgehead atoms. The number of ether oxygens (including phenoxy) is 1. The van der Waals surface area contributed by atoms with Gasteiger partial charge < -0.3 is 9.64 Å². The van der Waals surface area contributed by atoms with Gasteiger partial charge in [0, 0.05) is 30.4 Å². The molecule has 5 nitrogen and oxygen atoms in total. The molecule has 0 saturated carbocycles. The number of methoxy groups -OCH3 is 1. The highest BCUT2D eigenvalue weighted by Gasteiger charge is 2.21. The number of benzene rings is 2. The predicted octanol–water partition coefficient (Wildman–Crippen LogP) is 4.35. The van der Waals surface area contributed by atoms with E-state index in [1.54, 1.807) is 18.4 Å². The Kier molecular flexibility index (Phi) is 3.46. The normalized spacial score (nSPS) is 14.7. The summed E-state index contributed by atoms with van der Waals surface area (Å²) in [6.07, 6.45) is 3.66. The average molecular weight is 363 g/mol. The lowest BCUT2D eigenvalue weighted by Crippen LogP contribution is -2.23. The van der Waals surface area contributed by atoms with Crippen LogP contribution in [0.5, 0.6) is 5.75 Å². The van der Waals surface area contributed by atoms with E-state index in [4.69, 9.17) is 9.72 Å². The van der Waals surface area contributed by atoms with Gasteiger partial charge in [0.2, 0.25) is 5.91 Å². The van der Waals surface area contributed by atoms with Gasteiger partial charge in [-0.1, -0.05) is 23.5 Å². The Hall–Kier alpha value is -2.86. The van der Waals surface area contributed by atoms with Crippen molar-refractivity contribution >= 4 is 38.1 Å². The lowest BCUT2D eigenvalue weighted by Gasteiger charge is -2.15. The van der Waals surface area contributed by atoms with Crippen molar-refractivity contribution in [3.63, 3.8) is 0 Å². The number of hydrogen-bond donors (Lipinski definition) is 0. The van der Waals surface area contributed by atoms with Gasteiger partial charge in [0.1, 0.15) is 5.75 Å². The monoisotopic (exact) mass is 363 g/mol. The van der Waals surface area contributed by atoms with Gasteiger partial charge in [-0.3, -0.25) is 9.20 Å². The lowest BCUT2D eigenvalue weighted by atomic mass is 10.1. The number of carbonyl (C=O) groups is 1.